The molecule has 2 aromatic carbocycles. The first-order valence-electron chi connectivity index (χ1n) is 9.25. The van der Waals surface area contributed by atoms with E-state index in [4.69, 9.17) is 16.3 Å². The van der Waals surface area contributed by atoms with E-state index in [0.717, 1.165) is 11.1 Å². The lowest BCUT2D eigenvalue weighted by molar-refractivity contribution is 0.414. The zero-order valence-corrected chi connectivity index (χ0v) is 15.6. The van der Waals surface area contributed by atoms with Crippen molar-refractivity contribution < 1.29 is 9.13 Å². The highest BCUT2D eigenvalue weighted by Gasteiger charge is 2.20. The molecule has 25 heavy (non-hydrogen) atoms. The lowest BCUT2D eigenvalue weighted by Gasteiger charge is -2.24. The molecule has 0 atom stereocenters. The van der Waals surface area contributed by atoms with Crippen LogP contribution in [-0.2, 0) is 5.88 Å². The average Bonchev–Trinajstić information content (AvgIpc) is 2.62. The Kier molecular flexibility index (Phi) is 6.36. The summed E-state index contributed by atoms with van der Waals surface area (Å²) in [4.78, 5) is 0. The van der Waals surface area contributed by atoms with Crippen LogP contribution in [0.1, 0.15) is 62.0 Å². The van der Waals surface area contributed by atoms with Gasteiger partial charge in [-0.15, -0.1) is 11.6 Å². The zero-order chi connectivity index (χ0) is 17.6. The Morgan fingerprint density at radius 3 is 2.36 bits per heavy atom. The molecular weight excluding hydrogens is 335 g/mol. The summed E-state index contributed by atoms with van der Waals surface area (Å²) in [6.07, 6.45) is 8.77. The Morgan fingerprint density at radius 2 is 1.68 bits per heavy atom. The standard InChI is InChI=1S/C22H26ClFO/c1-25-18-10-12-22(24)21(14-18)19-11-9-16(15-23)13-20(19)17-7-5-3-2-4-6-8-17/h9-14,17H,2-8,15H2,1H3. The molecule has 1 aliphatic rings. The van der Waals surface area contributed by atoms with Gasteiger partial charge in [-0.2, -0.15) is 0 Å². The molecule has 0 N–H and O–H groups in total. The first kappa shape index (κ1) is 18.3. The number of methoxy groups -OCH3 is 1. The minimum atomic E-state index is -0.202. The summed E-state index contributed by atoms with van der Waals surface area (Å²) in [6.45, 7) is 0. The summed E-state index contributed by atoms with van der Waals surface area (Å²) in [6, 6.07) is 11.2. The number of ether oxygens (including phenoxy) is 1. The second kappa shape index (κ2) is 8.71. The van der Waals surface area contributed by atoms with E-state index in [9.17, 15) is 4.39 Å². The van der Waals surface area contributed by atoms with Gasteiger partial charge in [0.15, 0.2) is 0 Å². The van der Waals surface area contributed by atoms with Crippen LogP contribution >= 0.6 is 11.6 Å². The van der Waals surface area contributed by atoms with Crippen LogP contribution in [0.2, 0.25) is 0 Å². The summed E-state index contributed by atoms with van der Waals surface area (Å²) in [5.41, 5.74) is 3.95. The Morgan fingerprint density at radius 1 is 0.960 bits per heavy atom. The molecule has 3 rings (SSSR count). The van der Waals surface area contributed by atoms with Crippen molar-refractivity contribution in [3.8, 4) is 16.9 Å². The average molecular weight is 361 g/mol. The predicted molar refractivity (Wildman–Crippen MR) is 103 cm³/mol. The maximum atomic E-state index is 14.6. The molecule has 0 unspecified atom stereocenters. The summed E-state index contributed by atoms with van der Waals surface area (Å²) < 4.78 is 19.9. The van der Waals surface area contributed by atoms with Crippen LogP contribution in [-0.4, -0.2) is 7.11 Å². The van der Waals surface area contributed by atoms with Crippen molar-refractivity contribution in [1.82, 2.24) is 0 Å². The van der Waals surface area contributed by atoms with Crippen LogP contribution in [0.4, 0.5) is 4.39 Å². The highest BCUT2D eigenvalue weighted by Crippen LogP contribution is 2.39. The van der Waals surface area contributed by atoms with Crippen molar-refractivity contribution in [2.45, 2.75) is 56.7 Å². The Bertz CT molecular complexity index is 705. The highest BCUT2D eigenvalue weighted by atomic mass is 35.5. The van der Waals surface area contributed by atoms with Crippen LogP contribution < -0.4 is 4.74 Å². The number of halogens is 2. The van der Waals surface area contributed by atoms with Crippen molar-refractivity contribution in [1.29, 1.82) is 0 Å². The first-order valence-corrected chi connectivity index (χ1v) is 9.79. The van der Waals surface area contributed by atoms with Crippen molar-refractivity contribution in [2.75, 3.05) is 7.11 Å². The fraction of sp³-hybridized carbons (Fsp3) is 0.455. The third-order valence-electron chi connectivity index (χ3n) is 5.28. The van der Waals surface area contributed by atoms with Gasteiger partial charge >= 0.3 is 0 Å². The second-order valence-electron chi connectivity index (χ2n) is 6.94. The van der Waals surface area contributed by atoms with Gasteiger partial charge in [-0.3, -0.25) is 0 Å². The summed E-state index contributed by atoms with van der Waals surface area (Å²) >= 11 is 6.08. The van der Waals surface area contributed by atoms with E-state index in [1.54, 1.807) is 19.2 Å². The maximum Gasteiger partial charge on any atom is 0.131 e. The molecule has 0 aromatic heterocycles. The van der Waals surface area contributed by atoms with Crippen molar-refractivity contribution in [3.63, 3.8) is 0 Å². The molecule has 0 radical (unpaired) electrons. The molecule has 0 bridgehead atoms. The summed E-state index contributed by atoms with van der Waals surface area (Å²) in [5, 5.41) is 0. The van der Waals surface area contributed by atoms with Crippen LogP contribution in [0.3, 0.4) is 0 Å². The van der Waals surface area contributed by atoms with Crippen molar-refractivity contribution >= 4 is 11.6 Å². The Labute approximate surface area is 155 Å². The normalized spacial score (nSPS) is 16.3. The van der Waals surface area contributed by atoms with E-state index < -0.39 is 0 Å². The van der Waals surface area contributed by atoms with Crippen LogP contribution in [0.25, 0.3) is 11.1 Å². The van der Waals surface area contributed by atoms with Gasteiger partial charge in [-0.05, 0) is 53.6 Å². The third-order valence-corrected chi connectivity index (χ3v) is 5.59. The third kappa shape index (κ3) is 4.36. The van der Waals surface area contributed by atoms with E-state index in [0.29, 0.717) is 23.1 Å². The molecule has 0 heterocycles. The second-order valence-corrected chi connectivity index (χ2v) is 7.21. The zero-order valence-electron chi connectivity index (χ0n) is 14.9. The molecule has 0 amide bonds. The van der Waals surface area contributed by atoms with Crippen molar-refractivity contribution in [2.24, 2.45) is 0 Å². The van der Waals surface area contributed by atoms with E-state index >= 15 is 0 Å². The lowest BCUT2D eigenvalue weighted by atomic mass is 9.81. The van der Waals surface area contributed by atoms with E-state index in [2.05, 4.69) is 6.07 Å². The van der Waals surface area contributed by atoms with Crippen molar-refractivity contribution in [3.05, 3.63) is 53.3 Å². The molecule has 1 nitrogen and oxygen atoms in total. The topological polar surface area (TPSA) is 9.23 Å². The van der Waals surface area contributed by atoms with Gasteiger partial charge in [0.25, 0.3) is 0 Å². The van der Waals surface area contributed by atoms with Crippen LogP contribution in [0, 0.1) is 5.82 Å². The van der Waals surface area contributed by atoms with Crippen LogP contribution in [0.15, 0.2) is 36.4 Å². The maximum absolute atomic E-state index is 14.6. The highest BCUT2D eigenvalue weighted by molar-refractivity contribution is 6.17. The van der Waals surface area contributed by atoms with Gasteiger partial charge in [-0.25, -0.2) is 4.39 Å². The molecule has 2 aromatic rings. The first-order chi connectivity index (χ1) is 12.2. The number of rotatable bonds is 4. The van der Waals surface area contributed by atoms with Gasteiger partial charge in [0.05, 0.1) is 7.11 Å². The molecule has 1 saturated carbocycles. The monoisotopic (exact) mass is 360 g/mol. The minimum Gasteiger partial charge on any atom is -0.497 e. The number of alkyl halides is 1. The van der Waals surface area contributed by atoms with E-state index in [-0.39, 0.29) is 5.82 Å². The fourth-order valence-corrected chi connectivity index (χ4v) is 4.05. The smallest absolute Gasteiger partial charge is 0.131 e. The molecular formula is C22H26ClFO. The predicted octanol–water partition coefficient (Wildman–Crippen LogP) is 7.07. The van der Waals surface area contributed by atoms with E-state index in [1.807, 2.05) is 12.1 Å². The molecule has 134 valence electrons. The van der Waals surface area contributed by atoms with Gasteiger partial charge in [0.1, 0.15) is 11.6 Å². The molecule has 0 spiro atoms. The number of benzene rings is 2. The van der Waals surface area contributed by atoms with Gasteiger partial charge in [-0.1, -0.05) is 50.3 Å². The quantitative estimate of drug-likeness (QED) is 0.530. The Balaban J connectivity index is 2.06. The summed E-state index contributed by atoms with van der Waals surface area (Å²) in [7, 11) is 1.61. The van der Waals surface area contributed by atoms with Crippen LogP contribution in [0.5, 0.6) is 5.75 Å². The molecule has 0 saturated heterocycles. The van der Waals surface area contributed by atoms with E-state index in [1.165, 1.54) is 56.6 Å². The SMILES string of the molecule is COc1ccc(F)c(-c2ccc(CCl)cc2C2CCCCCCC2)c1. The number of hydrogen-bond donors (Lipinski definition) is 0. The van der Waals surface area contributed by atoms with Gasteiger partial charge in [0, 0.05) is 11.4 Å². The van der Waals surface area contributed by atoms with Gasteiger partial charge < -0.3 is 4.74 Å². The number of hydrogen-bond acceptors (Lipinski definition) is 1. The minimum absolute atomic E-state index is 0.202. The molecule has 3 heteroatoms. The Hall–Kier alpha value is -1.54. The lowest BCUT2D eigenvalue weighted by Crippen LogP contribution is -2.05. The van der Waals surface area contributed by atoms with Gasteiger partial charge in [0.2, 0.25) is 0 Å². The molecule has 1 fully saturated rings. The molecule has 0 aliphatic heterocycles. The largest absolute Gasteiger partial charge is 0.497 e. The fourth-order valence-electron chi connectivity index (χ4n) is 3.88. The summed E-state index contributed by atoms with van der Waals surface area (Å²) in [5.74, 6) is 1.44. The molecule has 1 aliphatic carbocycles.